The van der Waals surface area contributed by atoms with E-state index >= 15 is 0 Å². The van der Waals surface area contributed by atoms with E-state index in [1.54, 1.807) is 32.9 Å². The van der Waals surface area contributed by atoms with E-state index in [2.05, 4.69) is 10.6 Å². The summed E-state index contributed by atoms with van der Waals surface area (Å²) in [6, 6.07) is 4.42. The number of nitrogens with one attached hydrogen (secondary N) is 2. The smallest absolute Gasteiger partial charge is 0.407 e. The summed E-state index contributed by atoms with van der Waals surface area (Å²) >= 11 is 0. The fourth-order valence-corrected chi connectivity index (χ4v) is 1.64. The van der Waals surface area contributed by atoms with Crippen LogP contribution >= 0.6 is 0 Å². The predicted octanol–water partition coefficient (Wildman–Crippen LogP) is 2.54. The number of phenolic OH excluding ortho intramolecular Hbond substituents is 1. The summed E-state index contributed by atoms with van der Waals surface area (Å²) in [4.78, 5) is 11.4. The molecule has 0 aliphatic rings. The molecule has 0 saturated heterocycles. The second-order valence-corrected chi connectivity index (χ2v) is 5.71. The Hall–Kier alpha value is -1.82. The van der Waals surface area contributed by atoms with E-state index in [4.69, 9.17) is 4.74 Å². The van der Waals surface area contributed by atoms with E-state index in [1.807, 2.05) is 0 Å². The molecule has 0 aromatic heterocycles. The summed E-state index contributed by atoms with van der Waals surface area (Å²) in [5, 5.41) is 15.2. The van der Waals surface area contributed by atoms with E-state index in [-0.39, 0.29) is 5.75 Å². The molecule has 118 valence electrons. The van der Waals surface area contributed by atoms with Crippen LogP contribution < -0.4 is 10.6 Å². The summed E-state index contributed by atoms with van der Waals surface area (Å²) in [5.74, 6) is -0.947. The highest BCUT2D eigenvalue weighted by Crippen LogP contribution is 2.20. The van der Waals surface area contributed by atoms with Gasteiger partial charge in [0.15, 0.2) is 11.6 Å². The summed E-state index contributed by atoms with van der Waals surface area (Å²) < 4.78 is 18.2. The van der Waals surface area contributed by atoms with Crippen LogP contribution in [-0.2, 0) is 11.3 Å². The van der Waals surface area contributed by atoms with Crippen LogP contribution in [0.4, 0.5) is 9.18 Å². The van der Waals surface area contributed by atoms with Gasteiger partial charge in [0.25, 0.3) is 0 Å². The number of ether oxygens (including phenoxy) is 1. The topological polar surface area (TPSA) is 70.6 Å². The molecule has 0 aliphatic heterocycles. The second kappa shape index (κ2) is 7.83. The monoisotopic (exact) mass is 298 g/mol. The predicted molar refractivity (Wildman–Crippen MR) is 78.6 cm³/mol. The first-order valence-corrected chi connectivity index (χ1v) is 6.93. The molecule has 0 heterocycles. The molecule has 1 rings (SSSR count). The first kappa shape index (κ1) is 17.2. The van der Waals surface area contributed by atoms with Gasteiger partial charge in [-0.3, -0.25) is 0 Å². The van der Waals surface area contributed by atoms with Crippen LogP contribution in [0.25, 0.3) is 0 Å². The zero-order valence-electron chi connectivity index (χ0n) is 12.7. The van der Waals surface area contributed by atoms with Crippen LogP contribution in [0, 0.1) is 5.82 Å². The van der Waals surface area contributed by atoms with Gasteiger partial charge in [-0.05, 0) is 39.8 Å². The van der Waals surface area contributed by atoms with E-state index in [9.17, 15) is 14.3 Å². The van der Waals surface area contributed by atoms with E-state index < -0.39 is 17.5 Å². The van der Waals surface area contributed by atoms with Gasteiger partial charge in [0, 0.05) is 18.7 Å². The Kier molecular flexibility index (Phi) is 6.42. The zero-order valence-corrected chi connectivity index (χ0v) is 12.7. The number of benzene rings is 1. The minimum absolute atomic E-state index is 0.322. The fourth-order valence-electron chi connectivity index (χ4n) is 1.64. The third-order valence-corrected chi connectivity index (χ3v) is 2.58. The maximum absolute atomic E-state index is 13.1. The number of carbonyl (C=O) groups excluding carboxylic acids is 1. The number of amides is 1. The van der Waals surface area contributed by atoms with Gasteiger partial charge in [-0.15, -0.1) is 0 Å². The second-order valence-electron chi connectivity index (χ2n) is 5.71. The quantitative estimate of drug-likeness (QED) is 0.706. The molecule has 0 atom stereocenters. The Morgan fingerprint density at radius 3 is 2.71 bits per heavy atom. The average molecular weight is 298 g/mol. The van der Waals surface area contributed by atoms with Crippen LogP contribution in [0.15, 0.2) is 18.2 Å². The van der Waals surface area contributed by atoms with Crippen molar-refractivity contribution >= 4 is 6.09 Å². The Morgan fingerprint density at radius 1 is 1.33 bits per heavy atom. The van der Waals surface area contributed by atoms with Crippen molar-refractivity contribution in [3.63, 3.8) is 0 Å². The number of hydrogen-bond donors (Lipinski definition) is 3. The number of halogens is 1. The molecule has 0 spiro atoms. The maximum Gasteiger partial charge on any atom is 0.407 e. The standard InChI is InChI=1S/C15H23FN2O3/c1-15(2,3)21-14(20)18-9-5-8-17-10-11-6-4-7-12(16)13(11)19/h4,6-7,17,19H,5,8-10H2,1-3H3,(H,18,20). The van der Waals surface area contributed by atoms with E-state index in [0.717, 1.165) is 0 Å². The number of aromatic hydroxyl groups is 1. The molecule has 5 nitrogen and oxygen atoms in total. The van der Waals surface area contributed by atoms with Gasteiger partial charge in [-0.1, -0.05) is 12.1 Å². The van der Waals surface area contributed by atoms with Crippen molar-refractivity contribution in [1.82, 2.24) is 10.6 Å². The van der Waals surface area contributed by atoms with Gasteiger partial charge in [-0.2, -0.15) is 0 Å². The minimum atomic E-state index is -0.624. The van der Waals surface area contributed by atoms with Crippen LogP contribution in [0.1, 0.15) is 32.8 Å². The van der Waals surface area contributed by atoms with Crippen molar-refractivity contribution in [2.75, 3.05) is 13.1 Å². The molecule has 1 amide bonds. The summed E-state index contributed by atoms with van der Waals surface area (Å²) in [7, 11) is 0. The Balaban J connectivity index is 2.15. The highest BCUT2D eigenvalue weighted by molar-refractivity contribution is 5.67. The van der Waals surface area contributed by atoms with Gasteiger partial charge in [0.2, 0.25) is 0 Å². The van der Waals surface area contributed by atoms with Gasteiger partial charge < -0.3 is 20.5 Å². The third kappa shape index (κ3) is 6.94. The molecule has 0 aliphatic carbocycles. The first-order chi connectivity index (χ1) is 9.79. The molecule has 3 N–H and O–H groups in total. The highest BCUT2D eigenvalue weighted by atomic mass is 19.1. The van der Waals surface area contributed by atoms with Crippen molar-refractivity contribution in [3.05, 3.63) is 29.6 Å². The maximum atomic E-state index is 13.1. The number of carbonyl (C=O) groups is 1. The third-order valence-electron chi connectivity index (χ3n) is 2.58. The molecule has 0 fully saturated rings. The molecule has 0 radical (unpaired) electrons. The Morgan fingerprint density at radius 2 is 2.05 bits per heavy atom. The normalized spacial score (nSPS) is 11.2. The molecule has 1 aromatic carbocycles. The Bertz CT molecular complexity index is 472. The lowest BCUT2D eigenvalue weighted by atomic mass is 10.2. The molecule has 6 heteroatoms. The van der Waals surface area contributed by atoms with Gasteiger partial charge in [-0.25, -0.2) is 9.18 Å². The van der Waals surface area contributed by atoms with Gasteiger partial charge in [0.1, 0.15) is 5.60 Å². The van der Waals surface area contributed by atoms with Crippen molar-refractivity contribution in [2.45, 2.75) is 39.3 Å². The van der Waals surface area contributed by atoms with Crippen LogP contribution in [0.5, 0.6) is 5.75 Å². The SMILES string of the molecule is CC(C)(C)OC(=O)NCCCNCc1cccc(F)c1O. The lowest BCUT2D eigenvalue weighted by Crippen LogP contribution is -2.33. The lowest BCUT2D eigenvalue weighted by molar-refractivity contribution is 0.0527. The van der Waals surface area contributed by atoms with E-state index in [0.29, 0.717) is 31.6 Å². The Labute approximate surface area is 124 Å². The lowest BCUT2D eigenvalue weighted by Gasteiger charge is -2.19. The summed E-state index contributed by atoms with van der Waals surface area (Å²) in [6.07, 6.45) is 0.264. The van der Waals surface area contributed by atoms with Crippen molar-refractivity contribution in [2.24, 2.45) is 0 Å². The molecule has 21 heavy (non-hydrogen) atoms. The molecule has 0 saturated carbocycles. The molecule has 1 aromatic rings. The van der Waals surface area contributed by atoms with Crippen molar-refractivity contribution < 1.29 is 19.0 Å². The van der Waals surface area contributed by atoms with Crippen LogP contribution in [-0.4, -0.2) is 29.9 Å². The molecular formula is C15H23FN2O3. The number of para-hydroxylation sites is 1. The van der Waals surface area contributed by atoms with Crippen LogP contribution in [0.3, 0.4) is 0 Å². The summed E-state index contributed by atoms with van der Waals surface area (Å²) in [6.45, 7) is 6.90. The number of phenols is 1. The van der Waals surface area contributed by atoms with E-state index in [1.165, 1.54) is 6.07 Å². The van der Waals surface area contributed by atoms with Crippen molar-refractivity contribution in [3.8, 4) is 5.75 Å². The zero-order chi connectivity index (χ0) is 15.9. The fraction of sp³-hybridized carbons (Fsp3) is 0.533. The average Bonchev–Trinajstić information content (AvgIpc) is 2.36. The van der Waals surface area contributed by atoms with Gasteiger partial charge in [0.05, 0.1) is 0 Å². The first-order valence-electron chi connectivity index (χ1n) is 6.93. The number of hydrogen-bond acceptors (Lipinski definition) is 4. The highest BCUT2D eigenvalue weighted by Gasteiger charge is 2.15. The molecule has 0 unspecified atom stereocenters. The molecule has 0 bridgehead atoms. The number of alkyl carbamates (subject to hydrolysis) is 1. The minimum Gasteiger partial charge on any atom is -0.505 e. The van der Waals surface area contributed by atoms with Gasteiger partial charge >= 0.3 is 6.09 Å². The molecular weight excluding hydrogens is 275 g/mol. The van der Waals surface area contributed by atoms with Crippen LogP contribution in [0.2, 0.25) is 0 Å². The number of rotatable bonds is 6. The summed E-state index contributed by atoms with van der Waals surface area (Å²) in [5.41, 5.74) is 0.00662. The largest absolute Gasteiger partial charge is 0.505 e. The van der Waals surface area contributed by atoms with Crippen molar-refractivity contribution in [1.29, 1.82) is 0 Å².